The number of halogens is 1. The molecular formula is C12H12ClN5. The molecule has 0 aliphatic heterocycles. The molecule has 3 N–H and O–H groups in total. The van der Waals surface area contributed by atoms with E-state index in [9.17, 15) is 0 Å². The van der Waals surface area contributed by atoms with Gasteiger partial charge >= 0.3 is 0 Å². The molecule has 1 aromatic carbocycles. The summed E-state index contributed by atoms with van der Waals surface area (Å²) in [6, 6.07) is 7.49. The van der Waals surface area contributed by atoms with Crippen LogP contribution in [0, 0.1) is 6.92 Å². The average Bonchev–Trinajstić information content (AvgIpc) is 2.86. The second kappa shape index (κ2) is 4.12. The Morgan fingerprint density at radius 2 is 2.00 bits per heavy atom. The second-order valence-electron chi connectivity index (χ2n) is 4.06. The molecule has 92 valence electrons. The SMILES string of the molecule is Cc1nc2nc(-c3ccc(Cl)cc3)[nH]n2c1CN. The van der Waals surface area contributed by atoms with Gasteiger partial charge in [0.15, 0.2) is 5.82 Å². The van der Waals surface area contributed by atoms with Crippen LogP contribution >= 0.6 is 11.6 Å². The van der Waals surface area contributed by atoms with Crippen LogP contribution in [0.4, 0.5) is 0 Å². The number of nitrogens with zero attached hydrogens (tertiary/aromatic N) is 3. The first-order valence-corrected chi connectivity index (χ1v) is 5.97. The van der Waals surface area contributed by atoms with Crippen molar-refractivity contribution in [2.24, 2.45) is 5.73 Å². The van der Waals surface area contributed by atoms with Crippen LogP contribution in [0.25, 0.3) is 17.2 Å². The predicted octanol–water partition coefficient (Wildman–Crippen LogP) is 2.14. The van der Waals surface area contributed by atoms with Gasteiger partial charge in [0.1, 0.15) is 0 Å². The Labute approximate surface area is 109 Å². The van der Waals surface area contributed by atoms with E-state index in [1.54, 1.807) is 0 Å². The first-order valence-electron chi connectivity index (χ1n) is 5.59. The minimum atomic E-state index is 0.426. The van der Waals surface area contributed by atoms with Gasteiger partial charge in [-0.05, 0) is 31.2 Å². The van der Waals surface area contributed by atoms with Crippen molar-refractivity contribution in [1.82, 2.24) is 19.6 Å². The lowest BCUT2D eigenvalue weighted by molar-refractivity contribution is 0.859. The first kappa shape index (κ1) is 11.3. The molecule has 0 bridgehead atoms. The summed E-state index contributed by atoms with van der Waals surface area (Å²) in [7, 11) is 0. The monoisotopic (exact) mass is 261 g/mol. The summed E-state index contributed by atoms with van der Waals surface area (Å²) in [4.78, 5) is 8.80. The number of fused-ring (bicyclic) bond motifs is 1. The van der Waals surface area contributed by atoms with E-state index < -0.39 is 0 Å². The van der Waals surface area contributed by atoms with Crippen LogP contribution in [0.2, 0.25) is 5.02 Å². The number of aromatic nitrogens is 4. The smallest absolute Gasteiger partial charge is 0.251 e. The Bertz CT molecular complexity index is 695. The number of H-pyrrole nitrogens is 1. The van der Waals surface area contributed by atoms with Crippen LogP contribution in [0.3, 0.4) is 0 Å². The predicted molar refractivity (Wildman–Crippen MR) is 70.4 cm³/mol. The molecule has 0 saturated heterocycles. The van der Waals surface area contributed by atoms with E-state index in [1.807, 2.05) is 35.7 Å². The molecule has 2 aromatic heterocycles. The van der Waals surface area contributed by atoms with Crippen molar-refractivity contribution in [3.63, 3.8) is 0 Å². The number of nitrogens with one attached hydrogen (secondary N) is 1. The molecule has 0 atom stereocenters. The quantitative estimate of drug-likeness (QED) is 0.742. The molecule has 0 fully saturated rings. The first-order chi connectivity index (χ1) is 8.69. The highest BCUT2D eigenvalue weighted by Crippen LogP contribution is 2.20. The molecule has 0 unspecified atom stereocenters. The van der Waals surface area contributed by atoms with E-state index in [-0.39, 0.29) is 0 Å². The molecule has 0 radical (unpaired) electrons. The molecule has 3 aromatic rings. The number of aromatic amines is 1. The molecule has 0 amide bonds. The van der Waals surface area contributed by atoms with Gasteiger partial charge in [-0.3, -0.25) is 5.10 Å². The van der Waals surface area contributed by atoms with Crippen molar-refractivity contribution in [2.75, 3.05) is 0 Å². The second-order valence-corrected chi connectivity index (χ2v) is 4.50. The third kappa shape index (κ3) is 1.68. The fourth-order valence-electron chi connectivity index (χ4n) is 1.95. The molecular weight excluding hydrogens is 250 g/mol. The maximum Gasteiger partial charge on any atom is 0.251 e. The fraction of sp³-hybridized carbons (Fsp3) is 0.167. The zero-order chi connectivity index (χ0) is 12.7. The lowest BCUT2D eigenvalue weighted by Gasteiger charge is -1.97. The largest absolute Gasteiger partial charge is 0.325 e. The summed E-state index contributed by atoms with van der Waals surface area (Å²) in [5.41, 5.74) is 8.51. The Hall–Kier alpha value is -1.85. The summed E-state index contributed by atoms with van der Waals surface area (Å²) >= 11 is 5.86. The van der Waals surface area contributed by atoms with Gasteiger partial charge in [0.2, 0.25) is 0 Å². The molecule has 3 rings (SSSR count). The van der Waals surface area contributed by atoms with Crippen molar-refractivity contribution < 1.29 is 0 Å². The lowest BCUT2D eigenvalue weighted by atomic mass is 10.2. The minimum Gasteiger partial charge on any atom is -0.325 e. The fourth-order valence-corrected chi connectivity index (χ4v) is 2.07. The summed E-state index contributed by atoms with van der Waals surface area (Å²) < 4.78 is 1.82. The highest BCUT2D eigenvalue weighted by molar-refractivity contribution is 6.30. The van der Waals surface area contributed by atoms with Crippen LogP contribution in [0.15, 0.2) is 24.3 Å². The Morgan fingerprint density at radius 1 is 1.28 bits per heavy atom. The van der Waals surface area contributed by atoms with Gasteiger partial charge in [-0.1, -0.05) is 11.6 Å². The van der Waals surface area contributed by atoms with E-state index in [0.29, 0.717) is 17.3 Å². The highest BCUT2D eigenvalue weighted by atomic mass is 35.5. The van der Waals surface area contributed by atoms with Gasteiger partial charge in [-0.2, -0.15) is 4.98 Å². The zero-order valence-electron chi connectivity index (χ0n) is 9.81. The van der Waals surface area contributed by atoms with Crippen LogP contribution in [-0.2, 0) is 6.54 Å². The number of aryl methyl sites for hydroxylation is 1. The normalized spacial score (nSPS) is 11.3. The Kier molecular flexibility index (Phi) is 2.57. The van der Waals surface area contributed by atoms with Crippen molar-refractivity contribution in [3.8, 4) is 11.4 Å². The van der Waals surface area contributed by atoms with E-state index in [4.69, 9.17) is 17.3 Å². The van der Waals surface area contributed by atoms with E-state index in [0.717, 1.165) is 22.8 Å². The maximum atomic E-state index is 5.86. The topological polar surface area (TPSA) is 72.0 Å². The molecule has 5 nitrogen and oxygen atoms in total. The van der Waals surface area contributed by atoms with Crippen molar-refractivity contribution >= 4 is 17.4 Å². The molecule has 6 heteroatoms. The standard InChI is InChI=1S/C12H12ClN5/c1-7-10(6-14)18-12(15-7)16-11(17-18)8-2-4-9(13)5-3-8/h2-5H,6,14H2,1H3,(H,15,16,17). The van der Waals surface area contributed by atoms with Crippen LogP contribution in [-0.4, -0.2) is 19.6 Å². The third-order valence-corrected chi connectivity index (χ3v) is 3.15. The number of imidazole rings is 1. The van der Waals surface area contributed by atoms with Crippen molar-refractivity contribution in [3.05, 3.63) is 40.7 Å². The summed E-state index contributed by atoms with van der Waals surface area (Å²) in [6.07, 6.45) is 0. The van der Waals surface area contributed by atoms with Crippen LogP contribution in [0.1, 0.15) is 11.4 Å². The number of benzene rings is 1. The zero-order valence-corrected chi connectivity index (χ0v) is 10.6. The Balaban J connectivity index is 2.14. The van der Waals surface area contributed by atoms with E-state index >= 15 is 0 Å². The van der Waals surface area contributed by atoms with Gasteiger partial charge in [0.25, 0.3) is 5.78 Å². The van der Waals surface area contributed by atoms with Gasteiger partial charge in [0, 0.05) is 17.1 Å². The minimum absolute atomic E-state index is 0.426. The summed E-state index contributed by atoms with van der Waals surface area (Å²) in [6.45, 7) is 2.35. The van der Waals surface area contributed by atoms with Gasteiger partial charge in [-0.25, -0.2) is 9.50 Å². The Morgan fingerprint density at radius 3 is 2.67 bits per heavy atom. The summed E-state index contributed by atoms with van der Waals surface area (Å²) in [5, 5.41) is 3.89. The number of hydrogen-bond acceptors (Lipinski definition) is 3. The van der Waals surface area contributed by atoms with Crippen LogP contribution < -0.4 is 5.73 Å². The molecule has 18 heavy (non-hydrogen) atoms. The summed E-state index contributed by atoms with van der Waals surface area (Å²) in [5.74, 6) is 1.39. The third-order valence-electron chi connectivity index (χ3n) is 2.90. The number of rotatable bonds is 2. The van der Waals surface area contributed by atoms with E-state index in [1.165, 1.54) is 0 Å². The maximum absolute atomic E-state index is 5.86. The lowest BCUT2D eigenvalue weighted by Crippen LogP contribution is -2.03. The van der Waals surface area contributed by atoms with Crippen molar-refractivity contribution in [1.29, 1.82) is 0 Å². The number of hydrogen-bond donors (Lipinski definition) is 2. The molecule has 0 spiro atoms. The number of nitrogens with two attached hydrogens (primary N) is 1. The van der Waals surface area contributed by atoms with Gasteiger partial charge in [0.05, 0.1) is 11.4 Å². The van der Waals surface area contributed by atoms with E-state index in [2.05, 4.69) is 15.1 Å². The molecule has 2 heterocycles. The van der Waals surface area contributed by atoms with Gasteiger partial charge in [-0.15, -0.1) is 0 Å². The van der Waals surface area contributed by atoms with Crippen molar-refractivity contribution in [2.45, 2.75) is 13.5 Å². The highest BCUT2D eigenvalue weighted by Gasteiger charge is 2.12. The average molecular weight is 262 g/mol. The molecule has 0 saturated carbocycles. The molecule has 0 aliphatic rings. The molecule has 0 aliphatic carbocycles. The van der Waals surface area contributed by atoms with Crippen LogP contribution in [0.5, 0.6) is 0 Å². The van der Waals surface area contributed by atoms with Gasteiger partial charge < -0.3 is 5.73 Å².